The zero-order valence-corrected chi connectivity index (χ0v) is 17.6. The van der Waals surface area contributed by atoms with E-state index in [-0.39, 0.29) is 11.4 Å². The zero-order chi connectivity index (χ0) is 21.1. The molecule has 0 amide bonds. The number of halogens is 3. The highest BCUT2D eigenvalue weighted by Crippen LogP contribution is 2.39. The van der Waals surface area contributed by atoms with Gasteiger partial charge in [-0.1, -0.05) is 46.9 Å². The lowest BCUT2D eigenvalue weighted by Crippen LogP contribution is -1.98. The van der Waals surface area contributed by atoms with E-state index in [1.54, 1.807) is 60.9 Å². The Kier molecular flexibility index (Phi) is 5.87. The van der Waals surface area contributed by atoms with Crippen LogP contribution in [0.3, 0.4) is 0 Å². The Balaban J connectivity index is 1.94. The van der Waals surface area contributed by atoms with E-state index in [4.69, 9.17) is 39.5 Å². The van der Waals surface area contributed by atoms with Crippen molar-refractivity contribution in [3.63, 3.8) is 0 Å². The van der Waals surface area contributed by atoms with Gasteiger partial charge in [0.25, 0.3) is 0 Å². The smallest absolute Gasteiger partial charge is 0.237 e. The Morgan fingerprint density at radius 1 is 0.867 bits per heavy atom. The third kappa shape index (κ3) is 4.24. The van der Waals surface area contributed by atoms with E-state index in [0.29, 0.717) is 37.6 Å². The van der Waals surface area contributed by atoms with Crippen molar-refractivity contribution in [1.82, 2.24) is 9.97 Å². The normalized spacial score (nSPS) is 10.5. The second-order valence-electron chi connectivity index (χ2n) is 6.27. The number of hydrogen-bond acceptors (Lipinski definition) is 4. The molecule has 4 aromatic rings. The summed E-state index contributed by atoms with van der Waals surface area (Å²) in [6.45, 7) is 0. The minimum Gasteiger partial charge on any atom is -0.436 e. The van der Waals surface area contributed by atoms with Crippen LogP contribution >= 0.6 is 34.8 Å². The van der Waals surface area contributed by atoms with E-state index in [1.165, 1.54) is 0 Å². The number of hydrogen-bond donors (Lipinski definition) is 0. The van der Waals surface area contributed by atoms with Crippen LogP contribution in [0.4, 0.5) is 0 Å². The van der Waals surface area contributed by atoms with Crippen LogP contribution in [0.1, 0.15) is 5.56 Å². The number of pyridine rings is 2. The van der Waals surface area contributed by atoms with Crippen molar-refractivity contribution in [2.45, 2.75) is 0 Å². The molecule has 0 N–H and O–H groups in total. The minimum atomic E-state index is 0.157. The summed E-state index contributed by atoms with van der Waals surface area (Å²) in [6, 6.07) is 19.8. The Morgan fingerprint density at radius 2 is 1.63 bits per heavy atom. The third-order valence-electron chi connectivity index (χ3n) is 4.30. The predicted molar refractivity (Wildman–Crippen MR) is 119 cm³/mol. The van der Waals surface area contributed by atoms with Gasteiger partial charge in [-0.3, -0.25) is 4.98 Å². The van der Waals surface area contributed by atoms with E-state index >= 15 is 0 Å². The molecule has 0 saturated carbocycles. The van der Waals surface area contributed by atoms with Gasteiger partial charge in [0.15, 0.2) is 0 Å². The fourth-order valence-electron chi connectivity index (χ4n) is 2.91. The van der Waals surface area contributed by atoms with Gasteiger partial charge in [-0.25, -0.2) is 4.98 Å². The van der Waals surface area contributed by atoms with Crippen LogP contribution in [-0.4, -0.2) is 9.97 Å². The van der Waals surface area contributed by atoms with Crippen molar-refractivity contribution >= 4 is 34.8 Å². The molecule has 4 nitrogen and oxygen atoms in total. The molecule has 2 aromatic heterocycles. The fourth-order valence-corrected chi connectivity index (χ4v) is 3.53. The van der Waals surface area contributed by atoms with Crippen LogP contribution in [0, 0.1) is 11.3 Å². The molecule has 0 aliphatic carbocycles. The van der Waals surface area contributed by atoms with Gasteiger partial charge in [0, 0.05) is 27.4 Å². The van der Waals surface area contributed by atoms with Gasteiger partial charge < -0.3 is 4.74 Å². The lowest BCUT2D eigenvalue weighted by molar-refractivity contribution is 0.460. The molecule has 0 aliphatic heterocycles. The summed E-state index contributed by atoms with van der Waals surface area (Å²) in [5, 5.41) is 11.3. The monoisotopic (exact) mass is 451 g/mol. The highest BCUT2D eigenvalue weighted by Gasteiger charge is 2.18. The largest absolute Gasteiger partial charge is 0.436 e. The van der Waals surface area contributed by atoms with Crippen molar-refractivity contribution in [3.8, 4) is 40.1 Å². The second-order valence-corrected chi connectivity index (χ2v) is 7.55. The molecule has 0 spiro atoms. The molecule has 0 radical (unpaired) electrons. The summed E-state index contributed by atoms with van der Waals surface area (Å²) in [4.78, 5) is 8.70. The fraction of sp³-hybridized carbons (Fsp3) is 0. The van der Waals surface area contributed by atoms with E-state index < -0.39 is 0 Å². The van der Waals surface area contributed by atoms with Crippen molar-refractivity contribution in [2.75, 3.05) is 0 Å². The maximum Gasteiger partial charge on any atom is 0.237 e. The molecule has 2 heterocycles. The number of benzene rings is 2. The summed E-state index contributed by atoms with van der Waals surface area (Å²) in [5.41, 5.74) is 3.03. The standard InChI is InChI=1S/C23H12Cl3N3O/c24-16-5-3-14(4-6-16)20-10-15(12-27)23(30-18-2-1-9-28-13-18)29-22(20)19-8-7-17(25)11-21(19)26/h1-11,13H. The summed E-state index contributed by atoms with van der Waals surface area (Å²) < 4.78 is 5.85. The number of nitrogens with zero attached hydrogens (tertiary/aromatic N) is 3. The summed E-state index contributed by atoms with van der Waals surface area (Å²) >= 11 is 18.6. The van der Waals surface area contributed by atoms with Crippen molar-refractivity contribution in [3.05, 3.63) is 93.7 Å². The predicted octanol–water partition coefficient (Wildman–Crippen LogP) is 7.43. The minimum absolute atomic E-state index is 0.157. The number of ether oxygens (including phenoxy) is 1. The van der Waals surface area contributed by atoms with E-state index in [9.17, 15) is 5.26 Å². The van der Waals surface area contributed by atoms with E-state index in [0.717, 1.165) is 5.56 Å². The number of rotatable bonds is 4. The highest BCUT2D eigenvalue weighted by molar-refractivity contribution is 6.36. The maximum absolute atomic E-state index is 9.71. The van der Waals surface area contributed by atoms with Gasteiger partial charge in [-0.05, 0) is 54.1 Å². The number of nitriles is 1. The van der Waals surface area contributed by atoms with Crippen LogP contribution in [0.25, 0.3) is 22.4 Å². The molecular formula is C23H12Cl3N3O. The highest BCUT2D eigenvalue weighted by atomic mass is 35.5. The van der Waals surface area contributed by atoms with Crippen LogP contribution in [0.5, 0.6) is 11.6 Å². The summed E-state index contributed by atoms with van der Waals surface area (Å²) in [6.07, 6.45) is 3.18. The molecule has 0 atom stereocenters. The third-order valence-corrected chi connectivity index (χ3v) is 5.10. The average molecular weight is 453 g/mol. The Bertz CT molecular complexity index is 1250. The molecule has 0 bridgehead atoms. The maximum atomic E-state index is 9.71. The van der Waals surface area contributed by atoms with Crippen molar-refractivity contribution in [1.29, 1.82) is 5.26 Å². The van der Waals surface area contributed by atoms with Crippen LogP contribution in [-0.2, 0) is 0 Å². The molecule has 2 aromatic carbocycles. The van der Waals surface area contributed by atoms with Crippen LogP contribution in [0.15, 0.2) is 73.1 Å². The van der Waals surface area contributed by atoms with Gasteiger partial charge in [-0.2, -0.15) is 5.26 Å². The summed E-state index contributed by atoms with van der Waals surface area (Å²) in [7, 11) is 0. The molecule has 7 heteroatoms. The molecule has 30 heavy (non-hydrogen) atoms. The first-order valence-electron chi connectivity index (χ1n) is 8.79. The topological polar surface area (TPSA) is 58.8 Å². The van der Waals surface area contributed by atoms with Gasteiger partial charge in [0.2, 0.25) is 5.88 Å². The van der Waals surface area contributed by atoms with Crippen molar-refractivity contribution < 1.29 is 4.74 Å². The second kappa shape index (κ2) is 8.73. The molecular weight excluding hydrogens is 441 g/mol. The first-order chi connectivity index (χ1) is 14.5. The number of aromatic nitrogens is 2. The Hall–Kier alpha value is -3.10. The lowest BCUT2D eigenvalue weighted by Gasteiger charge is -2.15. The lowest BCUT2D eigenvalue weighted by atomic mass is 9.97. The van der Waals surface area contributed by atoms with Gasteiger partial charge in [0.05, 0.1) is 16.9 Å². The zero-order valence-electron chi connectivity index (χ0n) is 15.3. The van der Waals surface area contributed by atoms with Gasteiger partial charge >= 0.3 is 0 Å². The molecule has 4 rings (SSSR count). The van der Waals surface area contributed by atoms with Gasteiger partial charge in [0.1, 0.15) is 17.4 Å². The molecule has 0 unspecified atom stereocenters. The Labute approximate surface area is 188 Å². The average Bonchev–Trinajstić information content (AvgIpc) is 2.75. The van der Waals surface area contributed by atoms with Gasteiger partial charge in [-0.15, -0.1) is 0 Å². The van der Waals surface area contributed by atoms with E-state index in [2.05, 4.69) is 16.0 Å². The molecule has 0 fully saturated rings. The van der Waals surface area contributed by atoms with E-state index in [1.807, 2.05) is 12.1 Å². The first-order valence-corrected chi connectivity index (χ1v) is 9.93. The molecule has 0 saturated heterocycles. The first kappa shape index (κ1) is 20.2. The van der Waals surface area contributed by atoms with Crippen LogP contribution in [0.2, 0.25) is 15.1 Å². The molecule has 0 aliphatic rings. The Morgan fingerprint density at radius 3 is 2.30 bits per heavy atom. The summed E-state index contributed by atoms with van der Waals surface area (Å²) in [5.74, 6) is 0.623. The van der Waals surface area contributed by atoms with Crippen molar-refractivity contribution in [2.24, 2.45) is 0 Å². The quantitative estimate of drug-likeness (QED) is 0.323. The van der Waals surface area contributed by atoms with Crippen LogP contribution < -0.4 is 4.74 Å². The SMILES string of the molecule is N#Cc1cc(-c2ccc(Cl)cc2)c(-c2ccc(Cl)cc2Cl)nc1Oc1cccnc1. The molecule has 146 valence electrons.